The van der Waals surface area contributed by atoms with Gasteiger partial charge in [-0.25, -0.2) is 4.79 Å². The molecule has 1 atom stereocenters. The first-order valence-corrected chi connectivity index (χ1v) is 11.0. The number of aryl methyl sites for hydroxylation is 2. The second-order valence-electron chi connectivity index (χ2n) is 8.47. The summed E-state index contributed by atoms with van der Waals surface area (Å²) in [6.07, 6.45) is 0. The van der Waals surface area contributed by atoms with Crippen LogP contribution in [0, 0.1) is 0 Å². The zero-order valence-corrected chi connectivity index (χ0v) is 19.2. The van der Waals surface area contributed by atoms with Crippen LogP contribution in [0.25, 0.3) is 11.0 Å². The highest BCUT2D eigenvalue weighted by Crippen LogP contribution is 2.18. The van der Waals surface area contributed by atoms with E-state index >= 15 is 0 Å². The minimum atomic E-state index is -0.407. The third kappa shape index (κ3) is 4.84. The van der Waals surface area contributed by atoms with Crippen LogP contribution in [0.15, 0.2) is 53.3 Å². The number of anilines is 1. The van der Waals surface area contributed by atoms with Gasteiger partial charge in [0.1, 0.15) is 6.04 Å². The molecule has 9 heteroatoms. The molecular formula is C24H30N6O3. The molecule has 33 heavy (non-hydrogen) atoms. The average Bonchev–Trinajstić information content (AvgIpc) is 3.03. The Bertz CT molecular complexity index is 1220. The highest BCUT2D eigenvalue weighted by Gasteiger charge is 2.33. The molecule has 2 N–H and O–H groups in total. The van der Waals surface area contributed by atoms with E-state index in [-0.39, 0.29) is 24.0 Å². The van der Waals surface area contributed by atoms with Gasteiger partial charge in [0.25, 0.3) is 0 Å². The number of carbonyl (C=O) groups is 2. The van der Waals surface area contributed by atoms with Crippen LogP contribution in [0.5, 0.6) is 0 Å². The number of likely N-dealkylation sites (N-methyl/N-ethyl adjacent to an activating group) is 1. The standard InChI is InChI=1S/C24H30N6O3/c1-25-23(32)21-15-29(14-17-7-5-4-6-8-17)11-12-30(21)16-22(31)26-18-9-10-19-20(13-18)28(3)24(33)27(19)2/h4-10,13,21H,11-12,14-16H2,1-3H3,(H,25,32)(H,26,31)/t21-/m1/s1. The van der Waals surface area contributed by atoms with E-state index in [4.69, 9.17) is 0 Å². The minimum Gasteiger partial charge on any atom is -0.358 e. The van der Waals surface area contributed by atoms with Crippen molar-refractivity contribution in [1.82, 2.24) is 24.3 Å². The lowest BCUT2D eigenvalue weighted by molar-refractivity contribution is -0.130. The van der Waals surface area contributed by atoms with Crippen LogP contribution in [0.1, 0.15) is 5.56 Å². The van der Waals surface area contributed by atoms with E-state index in [0.29, 0.717) is 18.8 Å². The fourth-order valence-corrected chi connectivity index (χ4v) is 4.44. The molecule has 4 rings (SSSR count). The molecule has 3 aromatic rings. The summed E-state index contributed by atoms with van der Waals surface area (Å²) in [4.78, 5) is 41.7. The van der Waals surface area contributed by atoms with Gasteiger partial charge in [-0.15, -0.1) is 0 Å². The second-order valence-corrected chi connectivity index (χ2v) is 8.47. The Hall–Kier alpha value is -3.43. The lowest BCUT2D eigenvalue weighted by Crippen LogP contribution is -2.59. The first-order valence-electron chi connectivity index (χ1n) is 11.0. The van der Waals surface area contributed by atoms with Crippen molar-refractivity contribution in [3.63, 3.8) is 0 Å². The van der Waals surface area contributed by atoms with Crippen molar-refractivity contribution in [3.8, 4) is 0 Å². The Balaban J connectivity index is 1.43. The summed E-state index contributed by atoms with van der Waals surface area (Å²) < 4.78 is 3.13. The predicted octanol–water partition coefficient (Wildman–Crippen LogP) is 0.748. The molecule has 0 spiro atoms. The number of fused-ring (bicyclic) bond motifs is 1. The number of nitrogens with zero attached hydrogens (tertiary/aromatic N) is 4. The van der Waals surface area contributed by atoms with E-state index in [9.17, 15) is 14.4 Å². The molecule has 0 saturated carbocycles. The number of aromatic nitrogens is 2. The van der Waals surface area contributed by atoms with E-state index in [1.54, 1.807) is 42.4 Å². The summed E-state index contributed by atoms with van der Waals surface area (Å²) in [5, 5.41) is 5.65. The number of piperazine rings is 1. The number of carbonyl (C=O) groups excluding carboxylic acids is 2. The molecule has 0 bridgehead atoms. The van der Waals surface area contributed by atoms with Crippen molar-refractivity contribution >= 4 is 28.5 Å². The number of hydrogen-bond donors (Lipinski definition) is 2. The second kappa shape index (κ2) is 9.60. The summed E-state index contributed by atoms with van der Waals surface area (Å²) in [5.74, 6) is -0.290. The van der Waals surface area contributed by atoms with E-state index in [1.807, 2.05) is 29.2 Å². The molecule has 0 radical (unpaired) electrons. The average molecular weight is 451 g/mol. The molecule has 1 fully saturated rings. The van der Waals surface area contributed by atoms with Crippen molar-refractivity contribution in [2.75, 3.05) is 38.5 Å². The topological polar surface area (TPSA) is 91.6 Å². The first-order chi connectivity index (χ1) is 15.9. The van der Waals surface area contributed by atoms with Gasteiger partial charge in [0, 0.05) is 53.0 Å². The van der Waals surface area contributed by atoms with Crippen molar-refractivity contribution in [2.45, 2.75) is 12.6 Å². The molecule has 2 aromatic carbocycles. The number of amides is 2. The quantitative estimate of drug-likeness (QED) is 0.578. The number of rotatable bonds is 6. The van der Waals surface area contributed by atoms with Crippen LogP contribution >= 0.6 is 0 Å². The lowest BCUT2D eigenvalue weighted by atomic mass is 10.1. The Morgan fingerprint density at radius 1 is 1.00 bits per heavy atom. The molecule has 1 saturated heterocycles. The summed E-state index contributed by atoms with van der Waals surface area (Å²) in [6, 6.07) is 15.2. The van der Waals surface area contributed by atoms with Gasteiger partial charge >= 0.3 is 5.69 Å². The van der Waals surface area contributed by atoms with Gasteiger partial charge in [-0.2, -0.15) is 0 Å². The molecule has 1 aliphatic heterocycles. The summed E-state index contributed by atoms with van der Waals surface area (Å²) >= 11 is 0. The monoisotopic (exact) mass is 450 g/mol. The molecule has 0 aliphatic carbocycles. The Labute approximate surface area is 192 Å². The van der Waals surface area contributed by atoms with Crippen LogP contribution in [-0.2, 0) is 30.2 Å². The zero-order chi connectivity index (χ0) is 23.5. The number of hydrogen-bond acceptors (Lipinski definition) is 5. The fraction of sp³-hybridized carbons (Fsp3) is 0.375. The van der Waals surface area contributed by atoms with Crippen molar-refractivity contribution < 1.29 is 9.59 Å². The highest BCUT2D eigenvalue weighted by molar-refractivity contribution is 5.95. The summed E-state index contributed by atoms with van der Waals surface area (Å²) in [6.45, 7) is 2.82. The van der Waals surface area contributed by atoms with Crippen molar-refractivity contribution in [3.05, 3.63) is 64.6 Å². The number of benzene rings is 2. The maximum atomic E-state index is 12.8. The molecule has 1 aliphatic rings. The zero-order valence-electron chi connectivity index (χ0n) is 19.2. The molecule has 2 amide bonds. The molecular weight excluding hydrogens is 420 g/mol. The summed E-state index contributed by atoms with van der Waals surface area (Å²) in [7, 11) is 5.05. The number of imidazole rings is 1. The Morgan fingerprint density at radius 2 is 1.73 bits per heavy atom. The van der Waals surface area contributed by atoms with Crippen LogP contribution in [0.2, 0.25) is 0 Å². The third-order valence-electron chi connectivity index (χ3n) is 6.28. The fourth-order valence-electron chi connectivity index (χ4n) is 4.44. The minimum absolute atomic E-state index is 0.0960. The van der Waals surface area contributed by atoms with Gasteiger partial charge in [0.15, 0.2) is 0 Å². The van der Waals surface area contributed by atoms with Gasteiger partial charge in [0.2, 0.25) is 11.8 Å². The van der Waals surface area contributed by atoms with Crippen LogP contribution in [0.3, 0.4) is 0 Å². The van der Waals surface area contributed by atoms with Crippen molar-refractivity contribution in [2.24, 2.45) is 14.1 Å². The van der Waals surface area contributed by atoms with Gasteiger partial charge in [0.05, 0.1) is 17.6 Å². The van der Waals surface area contributed by atoms with E-state index in [2.05, 4.69) is 27.7 Å². The smallest absolute Gasteiger partial charge is 0.328 e. The highest BCUT2D eigenvalue weighted by atomic mass is 16.2. The Kier molecular flexibility index (Phi) is 6.62. The van der Waals surface area contributed by atoms with Gasteiger partial charge in [-0.1, -0.05) is 30.3 Å². The normalized spacial score (nSPS) is 17.2. The molecule has 2 heterocycles. The molecule has 1 aromatic heterocycles. The van der Waals surface area contributed by atoms with Crippen molar-refractivity contribution in [1.29, 1.82) is 0 Å². The maximum absolute atomic E-state index is 12.8. The summed E-state index contributed by atoms with van der Waals surface area (Å²) in [5.41, 5.74) is 3.25. The van der Waals surface area contributed by atoms with E-state index in [0.717, 1.165) is 24.1 Å². The lowest BCUT2D eigenvalue weighted by Gasteiger charge is -2.40. The van der Waals surface area contributed by atoms with Crippen LogP contribution in [0.4, 0.5) is 5.69 Å². The molecule has 174 valence electrons. The number of nitrogens with one attached hydrogen (secondary N) is 2. The van der Waals surface area contributed by atoms with Crippen LogP contribution in [-0.4, -0.2) is 70.0 Å². The third-order valence-corrected chi connectivity index (χ3v) is 6.28. The SMILES string of the molecule is CNC(=O)[C@H]1CN(Cc2ccccc2)CCN1CC(=O)Nc1ccc2c(c1)n(C)c(=O)n2C. The van der Waals surface area contributed by atoms with Crippen LogP contribution < -0.4 is 16.3 Å². The van der Waals surface area contributed by atoms with Gasteiger partial charge < -0.3 is 10.6 Å². The van der Waals surface area contributed by atoms with E-state index < -0.39 is 6.04 Å². The first kappa shape index (κ1) is 22.8. The molecule has 9 nitrogen and oxygen atoms in total. The van der Waals surface area contributed by atoms with E-state index in [1.165, 1.54) is 5.56 Å². The Morgan fingerprint density at radius 3 is 2.45 bits per heavy atom. The van der Waals surface area contributed by atoms with Gasteiger partial charge in [-0.3, -0.25) is 28.5 Å². The van der Waals surface area contributed by atoms with Gasteiger partial charge in [-0.05, 0) is 23.8 Å². The molecule has 0 unspecified atom stereocenters. The largest absolute Gasteiger partial charge is 0.358 e. The predicted molar refractivity (Wildman–Crippen MR) is 128 cm³/mol. The maximum Gasteiger partial charge on any atom is 0.328 e.